The van der Waals surface area contributed by atoms with Crippen molar-refractivity contribution in [1.82, 2.24) is 0 Å². The van der Waals surface area contributed by atoms with Gasteiger partial charge in [-0.3, -0.25) is 4.55 Å². The molecular formula is C8H17FO3S. The standard InChI is InChI=1S/C8H17FO3S/c1-2-3-4-5-6-8(9)7-13(10,11)12/h8H,2-7H2,1H3,(H,10,11,12). The van der Waals surface area contributed by atoms with Crippen molar-refractivity contribution in [2.75, 3.05) is 5.75 Å². The molecule has 0 aromatic carbocycles. The van der Waals surface area contributed by atoms with Crippen LogP contribution in [0.5, 0.6) is 0 Å². The minimum atomic E-state index is -4.14. The lowest BCUT2D eigenvalue weighted by molar-refractivity contribution is 0.324. The molecule has 0 saturated heterocycles. The Hall–Kier alpha value is -0.160. The van der Waals surface area contributed by atoms with Crippen LogP contribution in [0.25, 0.3) is 0 Å². The van der Waals surface area contributed by atoms with Gasteiger partial charge in [-0.05, 0) is 6.42 Å². The monoisotopic (exact) mass is 212 g/mol. The summed E-state index contributed by atoms with van der Waals surface area (Å²) < 4.78 is 41.6. The molecule has 1 N–H and O–H groups in total. The van der Waals surface area contributed by atoms with Crippen molar-refractivity contribution in [3.63, 3.8) is 0 Å². The average Bonchev–Trinajstić information content (AvgIpc) is 1.94. The van der Waals surface area contributed by atoms with E-state index >= 15 is 0 Å². The molecule has 0 saturated carbocycles. The molecule has 13 heavy (non-hydrogen) atoms. The van der Waals surface area contributed by atoms with Crippen LogP contribution in [-0.4, -0.2) is 24.9 Å². The Bertz CT molecular complexity index is 213. The Kier molecular flexibility index (Phi) is 6.24. The fourth-order valence-corrected chi connectivity index (χ4v) is 1.73. The highest BCUT2D eigenvalue weighted by molar-refractivity contribution is 7.85. The Morgan fingerprint density at radius 3 is 2.38 bits per heavy atom. The highest BCUT2D eigenvalue weighted by Crippen LogP contribution is 2.09. The molecule has 3 nitrogen and oxygen atoms in total. The summed E-state index contributed by atoms with van der Waals surface area (Å²) in [7, 11) is -4.14. The summed E-state index contributed by atoms with van der Waals surface area (Å²) in [4.78, 5) is 0. The highest BCUT2D eigenvalue weighted by Gasteiger charge is 2.14. The van der Waals surface area contributed by atoms with Crippen LogP contribution in [-0.2, 0) is 10.1 Å². The van der Waals surface area contributed by atoms with Gasteiger partial charge in [0.15, 0.2) is 0 Å². The van der Waals surface area contributed by atoms with Crippen LogP contribution in [0.1, 0.15) is 39.0 Å². The second kappa shape index (κ2) is 6.32. The number of hydrogen-bond donors (Lipinski definition) is 1. The van der Waals surface area contributed by atoms with Gasteiger partial charge in [-0.15, -0.1) is 0 Å². The SMILES string of the molecule is CCCCCCC(F)CS(=O)(=O)O. The molecule has 0 aliphatic carbocycles. The van der Waals surface area contributed by atoms with E-state index in [0.29, 0.717) is 6.42 Å². The highest BCUT2D eigenvalue weighted by atomic mass is 32.2. The molecule has 1 unspecified atom stereocenters. The average molecular weight is 212 g/mol. The Morgan fingerprint density at radius 1 is 1.31 bits per heavy atom. The van der Waals surface area contributed by atoms with E-state index in [1.165, 1.54) is 0 Å². The van der Waals surface area contributed by atoms with E-state index in [2.05, 4.69) is 0 Å². The third-order valence-electron chi connectivity index (χ3n) is 1.76. The Morgan fingerprint density at radius 2 is 1.92 bits per heavy atom. The predicted octanol–water partition coefficient (Wildman–Crippen LogP) is 2.18. The number of unbranched alkanes of at least 4 members (excludes halogenated alkanes) is 3. The normalized spacial score (nSPS) is 14.4. The summed E-state index contributed by atoms with van der Waals surface area (Å²) in [6.07, 6.45) is 2.51. The van der Waals surface area contributed by atoms with Gasteiger partial charge in [0.1, 0.15) is 11.9 Å². The maximum atomic E-state index is 12.8. The third kappa shape index (κ3) is 9.76. The van der Waals surface area contributed by atoms with Crippen molar-refractivity contribution >= 4 is 10.1 Å². The van der Waals surface area contributed by atoms with Crippen LogP contribution in [0.3, 0.4) is 0 Å². The molecule has 1 atom stereocenters. The maximum absolute atomic E-state index is 12.8. The summed E-state index contributed by atoms with van der Waals surface area (Å²) in [6, 6.07) is 0. The van der Waals surface area contributed by atoms with Crippen LogP contribution in [0, 0.1) is 0 Å². The lowest BCUT2D eigenvalue weighted by Crippen LogP contribution is -2.16. The van der Waals surface area contributed by atoms with E-state index in [4.69, 9.17) is 4.55 Å². The molecular weight excluding hydrogens is 195 g/mol. The first-order chi connectivity index (χ1) is 5.95. The molecule has 0 fully saturated rings. The second-order valence-electron chi connectivity index (χ2n) is 3.20. The number of alkyl halides is 1. The van der Waals surface area contributed by atoms with Crippen molar-refractivity contribution in [1.29, 1.82) is 0 Å². The topological polar surface area (TPSA) is 54.4 Å². The van der Waals surface area contributed by atoms with Crippen LogP contribution in [0.4, 0.5) is 4.39 Å². The van der Waals surface area contributed by atoms with Crippen LogP contribution in [0.2, 0.25) is 0 Å². The number of rotatable bonds is 7. The van der Waals surface area contributed by atoms with Gasteiger partial charge >= 0.3 is 0 Å². The summed E-state index contributed by atoms with van der Waals surface area (Å²) in [5.74, 6) is -0.765. The smallest absolute Gasteiger partial charge is 0.267 e. The molecule has 0 aliphatic heterocycles. The van der Waals surface area contributed by atoms with Gasteiger partial charge in [0.05, 0.1) is 0 Å². The van der Waals surface area contributed by atoms with Gasteiger partial charge in [0, 0.05) is 0 Å². The van der Waals surface area contributed by atoms with Crippen molar-refractivity contribution in [3.8, 4) is 0 Å². The maximum Gasteiger partial charge on any atom is 0.267 e. The first-order valence-corrected chi connectivity index (χ1v) is 6.16. The summed E-state index contributed by atoms with van der Waals surface area (Å²) in [5.41, 5.74) is 0. The molecule has 0 heterocycles. The summed E-state index contributed by atoms with van der Waals surface area (Å²) in [5, 5.41) is 0. The zero-order valence-electron chi connectivity index (χ0n) is 7.87. The Labute approximate surface area is 79.1 Å². The van der Waals surface area contributed by atoms with Gasteiger partial charge in [0.2, 0.25) is 0 Å². The Balaban J connectivity index is 3.47. The fourth-order valence-electron chi connectivity index (χ4n) is 1.10. The summed E-state index contributed by atoms with van der Waals surface area (Å²) in [6.45, 7) is 2.05. The van der Waals surface area contributed by atoms with Crippen LogP contribution >= 0.6 is 0 Å². The summed E-state index contributed by atoms with van der Waals surface area (Å²) >= 11 is 0. The van der Waals surface area contributed by atoms with Gasteiger partial charge in [0.25, 0.3) is 10.1 Å². The zero-order valence-corrected chi connectivity index (χ0v) is 8.69. The fraction of sp³-hybridized carbons (Fsp3) is 1.00. The molecule has 5 heteroatoms. The van der Waals surface area contributed by atoms with Gasteiger partial charge in [-0.1, -0.05) is 32.6 Å². The van der Waals surface area contributed by atoms with E-state index in [-0.39, 0.29) is 6.42 Å². The minimum Gasteiger partial charge on any atom is -0.285 e. The van der Waals surface area contributed by atoms with E-state index < -0.39 is 22.0 Å². The van der Waals surface area contributed by atoms with Crippen LogP contribution < -0.4 is 0 Å². The van der Waals surface area contributed by atoms with Gasteiger partial charge < -0.3 is 0 Å². The largest absolute Gasteiger partial charge is 0.285 e. The lowest BCUT2D eigenvalue weighted by atomic mass is 10.1. The quantitative estimate of drug-likeness (QED) is 0.520. The minimum absolute atomic E-state index is 0.222. The lowest BCUT2D eigenvalue weighted by Gasteiger charge is -2.04. The molecule has 0 amide bonds. The van der Waals surface area contributed by atoms with Crippen LogP contribution in [0.15, 0.2) is 0 Å². The predicted molar refractivity (Wildman–Crippen MR) is 50.1 cm³/mol. The molecule has 0 bridgehead atoms. The molecule has 0 spiro atoms. The van der Waals surface area contributed by atoms with Crippen molar-refractivity contribution in [3.05, 3.63) is 0 Å². The molecule has 0 rings (SSSR count). The van der Waals surface area contributed by atoms with E-state index in [1.807, 2.05) is 6.92 Å². The van der Waals surface area contributed by atoms with Gasteiger partial charge in [-0.25, -0.2) is 4.39 Å². The molecule has 0 radical (unpaired) electrons. The first-order valence-electron chi connectivity index (χ1n) is 4.55. The molecule has 0 aromatic heterocycles. The first kappa shape index (κ1) is 12.8. The number of halogens is 1. The van der Waals surface area contributed by atoms with E-state index in [0.717, 1.165) is 19.3 Å². The van der Waals surface area contributed by atoms with E-state index in [1.54, 1.807) is 0 Å². The van der Waals surface area contributed by atoms with Gasteiger partial charge in [-0.2, -0.15) is 8.42 Å². The van der Waals surface area contributed by atoms with Crippen molar-refractivity contribution in [2.45, 2.75) is 45.2 Å². The third-order valence-corrected chi connectivity index (χ3v) is 2.55. The van der Waals surface area contributed by atoms with Crippen molar-refractivity contribution < 1.29 is 17.4 Å². The molecule has 0 aromatic rings. The molecule has 0 aliphatic rings. The zero-order chi connectivity index (χ0) is 10.3. The molecule has 80 valence electrons. The number of hydrogen-bond acceptors (Lipinski definition) is 2. The van der Waals surface area contributed by atoms with E-state index in [9.17, 15) is 12.8 Å². The van der Waals surface area contributed by atoms with Crippen molar-refractivity contribution in [2.24, 2.45) is 0 Å². The second-order valence-corrected chi connectivity index (χ2v) is 4.69.